The summed E-state index contributed by atoms with van der Waals surface area (Å²) in [6.07, 6.45) is 3.87. The predicted octanol–water partition coefficient (Wildman–Crippen LogP) is 0.331. The second-order valence-electron chi connectivity index (χ2n) is 6.54. The zero-order valence-corrected chi connectivity index (χ0v) is 14.9. The molecule has 0 spiro atoms. The largest absolute Gasteiger partial charge is 0.456 e. The van der Waals surface area contributed by atoms with Crippen LogP contribution in [0.25, 0.3) is 0 Å². The molecule has 1 saturated heterocycles. The van der Waals surface area contributed by atoms with Crippen LogP contribution in [0.1, 0.15) is 45.4 Å². The first kappa shape index (κ1) is 19.9. The van der Waals surface area contributed by atoms with Crippen LogP contribution in [0.2, 0.25) is 0 Å². The summed E-state index contributed by atoms with van der Waals surface area (Å²) in [5, 5.41) is 4.48. The maximum atomic E-state index is 12.3. The molecule has 2 N–H and O–H groups in total. The lowest BCUT2D eigenvalue weighted by Crippen LogP contribution is -2.41. The van der Waals surface area contributed by atoms with E-state index in [1.807, 2.05) is 12.2 Å². The third-order valence-corrected chi connectivity index (χ3v) is 4.62. The predicted molar refractivity (Wildman–Crippen MR) is 89.6 cm³/mol. The third-order valence-electron chi connectivity index (χ3n) is 4.62. The number of fused-ring (bicyclic) bond motifs is 1. The van der Waals surface area contributed by atoms with Gasteiger partial charge in [-0.2, -0.15) is 0 Å². The van der Waals surface area contributed by atoms with Gasteiger partial charge in [0.15, 0.2) is 6.61 Å². The number of carbonyl (C=O) groups is 5. The first-order chi connectivity index (χ1) is 12.4. The number of hydrogen-bond donors (Lipinski definition) is 2. The van der Waals surface area contributed by atoms with Gasteiger partial charge in [0, 0.05) is 13.1 Å². The van der Waals surface area contributed by atoms with Gasteiger partial charge in [-0.05, 0) is 19.3 Å². The Hall–Kier alpha value is -2.45. The van der Waals surface area contributed by atoms with E-state index in [1.54, 1.807) is 0 Å². The highest BCUT2D eigenvalue weighted by atomic mass is 16.5. The molecule has 0 radical (unpaired) electrons. The monoisotopic (exact) mass is 367 g/mol. The van der Waals surface area contributed by atoms with Crippen molar-refractivity contribution in [2.45, 2.75) is 45.4 Å². The Morgan fingerprint density at radius 1 is 1.12 bits per heavy atom. The fourth-order valence-electron chi connectivity index (χ4n) is 3.32. The van der Waals surface area contributed by atoms with E-state index in [0.717, 1.165) is 37.0 Å². The van der Waals surface area contributed by atoms with Crippen molar-refractivity contribution < 1.29 is 28.7 Å². The van der Waals surface area contributed by atoms with Crippen molar-refractivity contribution in [1.82, 2.24) is 15.5 Å². The quantitative estimate of drug-likeness (QED) is 0.494. The van der Waals surface area contributed by atoms with Crippen LogP contribution in [0.5, 0.6) is 0 Å². The zero-order valence-electron chi connectivity index (χ0n) is 14.9. The number of amides is 5. The van der Waals surface area contributed by atoms with E-state index in [0.29, 0.717) is 6.54 Å². The Morgan fingerprint density at radius 2 is 1.73 bits per heavy atom. The summed E-state index contributed by atoms with van der Waals surface area (Å²) in [4.78, 5) is 60.2. The number of hydrogen-bond acceptors (Lipinski definition) is 6. The maximum absolute atomic E-state index is 12.3. The molecule has 0 bridgehead atoms. The number of nitrogens with one attached hydrogen (secondary N) is 2. The van der Waals surface area contributed by atoms with E-state index in [4.69, 9.17) is 4.74 Å². The minimum atomic E-state index is -0.744. The fourth-order valence-corrected chi connectivity index (χ4v) is 3.32. The molecule has 0 aromatic rings. The lowest BCUT2D eigenvalue weighted by Gasteiger charge is -2.19. The van der Waals surface area contributed by atoms with Crippen LogP contribution in [0, 0.1) is 11.8 Å². The molecular weight excluding hydrogens is 342 g/mol. The fraction of sp³-hybridized carbons (Fsp3) is 0.706. The van der Waals surface area contributed by atoms with Gasteiger partial charge < -0.3 is 10.1 Å². The van der Waals surface area contributed by atoms with Gasteiger partial charge >= 0.3 is 12.0 Å². The number of imide groups is 2. The summed E-state index contributed by atoms with van der Waals surface area (Å²) < 4.78 is 4.78. The summed E-state index contributed by atoms with van der Waals surface area (Å²) in [7, 11) is 0. The van der Waals surface area contributed by atoms with Gasteiger partial charge in [-0.1, -0.05) is 19.8 Å². The zero-order chi connectivity index (χ0) is 19.1. The van der Waals surface area contributed by atoms with Crippen LogP contribution in [0.15, 0.2) is 0 Å². The van der Waals surface area contributed by atoms with Gasteiger partial charge in [0.1, 0.15) is 0 Å². The number of nitrogens with zero attached hydrogens (tertiary/aromatic N) is 1. The highest BCUT2D eigenvalue weighted by molar-refractivity contribution is 6.05. The smallest absolute Gasteiger partial charge is 0.321 e. The second-order valence-corrected chi connectivity index (χ2v) is 6.54. The van der Waals surface area contributed by atoms with Gasteiger partial charge in [0.25, 0.3) is 5.91 Å². The van der Waals surface area contributed by atoms with Crippen LogP contribution in [0.4, 0.5) is 4.79 Å². The molecule has 9 heteroatoms. The van der Waals surface area contributed by atoms with Crippen molar-refractivity contribution in [2.24, 2.45) is 11.8 Å². The number of carbonyl (C=O) groups excluding carboxylic acids is 5. The van der Waals surface area contributed by atoms with Gasteiger partial charge in [0.2, 0.25) is 11.8 Å². The van der Waals surface area contributed by atoms with Crippen molar-refractivity contribution in [3.05, 3.63) is 0 Å². The molecule has 5 amide bonds. The minimum absolute atomic E-state index is 0.0396. The summed E-state index contributed by atoms with van der Waals surface area (Å²) in [6, 6.07) is -0.649. The van der Waals surface area contributed by atoms with Gasteiger partial charge in [-0.3, -0.25) is 29.4 Å². The van der Waals surface area contributed by atoms with Gasteiger partial charge in [-0.15, -0.1) is 0 Å². The standard InChI is InChI=1S/C17H25N3O6/c1-2-8-18-17(25)19-13(21)10-26-14(22)7-9-20-15(23)11-5-3-4-6-12(11)16(20)24/h11-12H,2-10H2,1H3,(H2,18,19,21,25)/t11-,12+. The summed E-state index contributed by atoms with van der Waals surface area (Å²) >= 11 is 0. The van der Waals surface area contributed by atoms with Crippen molar-refractivity contribution in [3.63, 3.8) is 0 Å². The first-order valence-electron chi connectivity index (χ1n) is 9.02. The number of esters is 1. The summed E-state index contributed by atoms with van der Waals surface area (Å²) in [5.41, 5.74) is 0. The summed E-state index contributed by atoms with van der Waals surface area (Å²) in [5.74, 6) is -2.37. The van der Waals surface area contributed by atoms with E-state index in [2.05, 4.69) is 5.32 Å². The first-order valence-corrected chi connectivity index (χ1v) is 9.02. The van der Waals surface area contributed by atoms with E-state index in [1.165, 1.54) is 0 Å². The lowest BCUT2D eigenvalue weighted by molar-refractivity contribution is -0.149. The van der Waals surface area contributed by atoms with E-state index in [9.17, 15) is 24.0 Å². The van der Waals surface area contributed by atoms with Crippen molar-refractivity contribution in [2.75, 3.05) is 19.7 Å². The van der Waals surface area contributed by atoms with Gasteiger partial charge in [0.05, 0.1) is 18.3 Å². The molecule has 0 unspecified atom stereocenters. The molecule has 9 nitrogen and oxygen atoms in total. The molecule has 1 heterocycles. The SMILES string of the molecule is CCCNC(=O)NC(=O)COC(=O)CCN1C(=O)[C@H]2CCCC[C@H]2C1=O. The molecule has 1 saturated carbocycles. The Bertz CT molecular complexity index is 567. The lowest BCUT2D eigenvalue weighted by atomic mass is 9.81. The Kier molecular flexibility index (Phi) is 7.11. The average molecular weight is 367 g/mol. The molecule has 1 aliphatic carbocycles. The highest BCUT2D eigenvalue weighted by Gasteiger charge is 2.47. The second kappa shape index (κ2) is 9.30. The third kappa shape index (κ3) is 5.03. The molecule has 2 aliphatic rings. The summed E-state index contributed by atoms with van der Waals surface area (Å²) in [6.45, 7) is 1.67. The molecular formula is C17H25N3O6. The Morgan fingerprint density at radius 3 is 2.31 bits per heavy atom. The molecule has 26 heavy (non-hydrogen) atoms. The molecule has 2 rings (SSSR count). The number of rotatable bonds is 7. The molecule has 144 valence electrons. The van der Waals surface area contributed by atoms with E-state index in [-0.39, 0.29) is 36.6 Å². The van der Waals surface area contributed by atoms with Crippen LogP contribution < -0.4 is 10.6 Å². The average Bonchev–Trinajstić information content (AvgIpc) is 2.87. The molecule has 0 aromatic heterocycles. The Labute approximate surface area is 151 Å². The van der Waals surface area contributed by atoms with E-state index >= 15 is 0 Å². The van der Waals surface area contributed by atoms with Crippen molar-refractivity contribution >= 4 is 29.7 Å². The molecule has 0 aromatic carbocycles. The van der Waals surface area contributed by atoms with Crippen LogP contribution in [0.3, 0.4) is 0 Å². The van der Waals surface area contributed by atoms with Crippen molar-refractivity contribution in [3.8, 4) is 0 Å². The molecule has 2 fully saturated rings. The maximum Gasteiger partial charge on any atom is 0.321 e. The number of urea groups is 1. The number of ether oxygens (including phenoxy) is 1. The minimum Gasteiger partial charge on any atom is -0.456 e. The Balaban J connectivity index is 1.70. The van der Waals surface area contributed by atoms with Gasteiger partial charge in [-0.25, -0.2) is 4.79 Å². The van der Waals surface area contributed by atoms with Crippen LogP contribution in [-0.2, 0) is 23.9 Å². The van der Waals surface area contributed by atoms with Crippen LogP contribution in [-0.4, -0.2) is 54.3 Å². The van der Waals surface area contributed by atoms with E-state index < -0.39 is 24.5 Å². The normalized spacial score (nSPS) is 22.0. The molecule has 1 aliphatic heterocycles. The van der Waals surface area contributed by atoms with Crippen LogP contribution >= 0.6 is 0 Å². The topological polar surface area (TPSA) is 122 Å². The molecule has 2 atom stereocenters. The highest BCUT2D eigenvalue weighted by Crippen LogP contribution is 2.37. The van der Waals surface area contributed by atoms with Crippen molar-refractivity contribution in [1.29, 1.82) is 0 Å². The number of likely N-dealkylation sites (tertiary alicyclic amines) is 1.